The Bertz CT molecular complexity index is 708. The minimum Gasteiger partial charge on any atom is -0.478 e. The molecule has 1 heterocycles. The molecule has 0 aliphatic carbocycles. The fourth-order valence-electron chi connectivity index (χ4n) is 1.80. The summed E-state index contributed by atoms with van der Waals surface area (Å²) in [5.74, 6) is -0.794. The van der Waals surface area contributed by atoms with E-state index in [1.165, 1.54) is 12.3 Å². The maximum absolute atomic E-state index is 12.2. The summed E-state index contributed by atoms with van der Waals surface area (Å²) in [7, 11) is 0. The molecule has 0 amide bonds. The first-order valence-electron chi connectivity index (χ1n) is 5.95. The molecular formula is C15H14O4. The van der Waals surface area contributed by atoms with Crippen LogP contribution in [0.2, 0.25) is 0 Å². The minimum atomic E-state index is -1.10. The lowest BCUT2D eigenvalue weighted by Crippen LogP contribution is -2.06. The van der Waals surface area contributed by atoms with Gasteiger partial charge in [-0.2, -0.15) is 0 Å². The molecule has 2 rings (SSSR count). The number of carboxylic acid groups (broad SMARTS) is 1. The van der Waals surface area contributed by atoms with Gasteiger partial charge in [0, 0.05) is 6.08 Å². The molecule has 0 aliphatic heterocycles. The van der Waals surface area contributed by atoms with Crippen LogP contribution < -0.4 is 5.43 Å². The van der Waals surface area contributed by atoms with E-state index in [1.807, 2.05) is 19.9 Å². The standard InChI is InChI=1S/C15H14O4/c1-9(2)10-3-5-13-12(7-10)15(18)11(8-19-13)4-6-14(16)17/h3-9H,1-2H3,(H,16,17)/b6-4+. The van der Waals surface area contributed by atoms with Gasteiger partial charge in [-0.3, -0.25) is 4.79 Å². The molecule has 0 atom stereocenters. The third kappa shape index (κ3) is 2.73. The first kappa shape index (κ1) is 13.1. The summed E-state index contributed by atoms with van der Waals surface area (Å²) < 4.78 is 5.35. The van der Waals surface area contributed by atoms with Crippen LogP contribution in [0.5, 0.6) is 0 Å². The highest BCUT2D eigenvalue weighted by Crippen LogP contribution is 2.19. The lowest BCUT2D eigenvalue weighted by atomic mass is 10.0. The van der Waals surface area contributed by atoms with E-state index < -0.39 is 5.97 Å². The van der Waals surface area contributed by atoms with Gasteiger partial charge in [0.15, 0.2) is 5.43 Å². The number of carbonyl (C=O) groups is 1. The van der Waals surface area contributed by atoms with E-state index >= 15 is 0 Å². The van der Waals surface area contributed by atoms with Gasteiger partial charge in [0.05, 0.1) is 10.9 Å². The fraction of sp³-hybridized carbons (Fsp3) is 0.200. The second-order valence-electron chi connectivity index (χ2n) is 4.60. The van der Waals surface area contributed by atoms with Crippen LogP contribution >= 0.6 is 0 Å². The van der Waals surface area contributed by atoms with Gasteiger partial charge in [0.2, 0.25) is 0 Å². The zero-order valence-electron chi connectivity index (χ0n) is 10.7. The van der Waals surface area contributed by atoms with Crippen LogP contribution in [0.3, 0.4) is 0 Å². The van der Waals surface area contributed by atoms with Gasteiger partial charge in [-0.15, -0.1) is 0 Å². The number of aliphatic carboxylic acids is 1. The Hall–Kier alpha value is -2.36. The Morgan fingerprint density at radius 2 is 2.11 bits per heavy atom. The molecule has 1 aromatic heterocycles. The number of hydrogen-bond acceptors (Lipinski definition) is 3. The number of benzene rings is 1. The van der Waals surface area contributed by atoms with Crippen molar-refractivity contribution in [1.82, 2.24) is 0 Å². The maximum atomic E-state index is 12.2. The summed E-state index contributed by atoms with van der Waals surface area (Å²) in [6, 6.07) is 5.48. The van der Waals surface area contributed by atoms with Crippen molar-refractivity contribution >= 4 is 23.0 Å². The van der Waals surface area contributed by atoms with E-state index in [9.17, 15) is 9.59 Å². The van der Waals surface area contributed by atoms with Crippen molar-refractivity contribution in [3.05, 3.63) is 51.9 Å². The number of fused-ring (bicyclic) bond motifs is 1. The molecule has 0 saturated carbocycles. The second kappa shape index (κ2) is 5.10. The SMILES string of the molecule is CC(C)c1ccc2occ(/C=C/C(=O)O)c(=O)c2c1. The van der Waals surface area contributed by atoms with E-state index in [4.69, 9.17) is 9.52 Å². The summed E-state index contributed by atoms with van der Waals surface area (Å²) in [6.45, 7) is 4.08. The van der Waals surface area contributed by atoms with Gasteiger partial charge < -0.3 is 9.52 Å². The van der Waals surface area contributed by atoms with Crippen LogP contribution in [0.4, 0.5) is 0 Å². The third-order valence-electron chi connectivity index (χ3n) is 2.90. The average molecular weight is 258 g/mol. The smallest absolute Gasteiger partial charge is 0.328 e. The van der Waals surface area contributed by atoms with Gasteiger partial charge in [0.1, 0.15) is 11.8 Å². The van der Waals surface area contributed by atoms with Gasteiger partial charge in [-0.25, -0.2) is 4.79 Å². The van der Waals surface area contributed by atoms with Crippen LogP contribution in [0, 0.1) is 0 Å². The fourth-order valence-corrected chi connectivity index (χ4v) is 1.80. The first-order valence-corrected chi connectivity index (χ1v) is 5.95. The molecule has 0 radical (unpaired) electrons. The molecule has 0 bridgehead atoms. The molecule has 0 unspecified atom stereocenters. The third-order valence-corrected chi connectivity index (χ3v) is 2.90. The molecule has 1 aromatic carbocycles. The molecule has 0 fully saturated rings. The molecule has 2 aromatic rings. The molecule has 4 heteroatoms. The van der Waals surface area contributed by atoms with Crippen molar-refractivity contribution < 1.29 is 14.3 Å². The van der Waals surface area contributed by atoms with E-state index in [0.717, 1.165) is 11.6 Å². The Morgan fingerprint density at radius 3 is 2.74 bits per heavy atom. The molecule has 0 aliphatic rings. The maximum Gasteiger partial charge on any atom is 0.328 e. The van der Waals surface area contributed by atoms with Gasteiger partial charge in [-0.05, 0) is 29.7 Å². The lowest BCUT2D eigenvalue weighted by Gasteiger charge is -2.06. The molecule has 4 nitrogen and oxygen atoms in total. The van der Waals surface area contributed by atoms with E-state index in [-0.39, 0.29) is 11.0 Å². The summed E-state index contributed by atoms with van der Waals surface area (Å²) in [5, 5.41) is 9.05. The Labute approximate surface area is 110 Å². The number of carboxylic acids is 1. The van der Waals surface area contributed by atoms with Crippen molar-refractivity contribution in [1.29, 1.82) is 0 Å². The van der Waals surface area contributed by atoms with Crippen LogP contribution in [0.25, 0.3) is 17.0 Å². The molecule has 0 spiro atoms. The lowest BCUT2D eigenvalue weighted by molar-refractivity contribution is -0.131. The normalized spacial score (nSPS) is 11.5. The van der Waals surface area contributed by atoms with Crippen molar-refractivity contribution in [2.75, 3.05) is 0 Å². The second-order valence-corrected chi connectivity index (χ2v) is 4.60. The molecule has 98 valence electrons. The van der Waals surface area contributed by atoms with Crippen LogP contribution in [-0.4, -0.2) is 11.1 Å². The number of rotatable bonds is 3. The highest BCUT2D eigenvalue weighted by atomic mass is 16.4. The van der Waals surface area contributed by atoms with Crippen molar-refractivity contribution in [2.24, 2.45) is 0 Å². The summed E-state index contributed by atoms with van der Waals surface area (Å²) in [5.41, 5.74) is 1.55. The highest BCUT2D eigenvalue weighted by Gasteiger charge is 2.07. The monoisotopic (exact) mass is 258 g/mol. The Balaban J connectivity index is 2.62. The predicted octanol–water partition coefficient (Wildman–Crippen LogP) is 3.01. The van der Waals surface area contributed by atoms with E-state index in [0.29, 0.717) is 16.9 Å². The van der Waals surface area contributed by atoms with Crippen molar-refractivity contribution in [2.45, 2.75) is 19.8 Å². The summed E-state index contributed by atoms with van der Waals surface area (Å²) in [6.07, 6.45) is 3.44. The minimum absolute atomic E-state index is 0.221. The summed E-state index contributed by atoms with van der Waals surface area (Å²) in [4.78, 5) is 22.7. The zero-order valence-corrected chi connectivity index (χ0v) is 10.7. The van der Waals surface area contributed by atoms with Gasteiger partial charge >= 0.3 is 5.97 Å². The number of hydrogen-bond donors (Lipinski definition) is 1. The van der Waals surface area contributed by atoms with E-state index in [2.05, 4.69) is 0 Å². The molecule has 1 N–H and O–H groups in total. The van der Waals surface area contributed by atoms with Crippen LogP contribution in [0.1, 0.15) is 30.9 Å². The molecule has 0 saturated heterocycles. The Kier molecular flexibility index (Phi) is 3.51. The zero-order chi connectivity index (χ0) is 14.0. The topological polar surface area (TPSA) is 67.5 Å². The quantitative estimate of drug-likeness (QED) is 0.859. The summed E-state index contributed by atoms with van der Waals surface area (Å²) >= 11 is 0. The first-order chi connectivity index (χ1) is 8.99. The predicted molar refractivity (Wildman–Crippen MR) is 73.2 cm³/mol. The highest BCUT2D eigenvalue weighted by molar-refractivity contribution is 5.86. The van der Waals surface area contributed by atoms with Crippen molar-refractivity contribution in [3.8, 4) is 0 Å². The average Bonchev–Trinajstić information content (AvgIpc) is 2.37. The van der Waals surface area contributed by atoms with Crippen LogP contribution in [0.15, 0.2) is 39.7 Å². The van der Waals surface area contributed by atoms with Crippen molar-refractivity contribution in [3.63, 3.8) is 0 Å². The molecular weight excluding hydrogens is 244 g/mol. The van der Waals surface area contributed by atoms with E-state index in [1.54, 1.807) is 12.1 Å². The largest absolute Gasteiger partial charge is 0.478 e. The Morgan fingerprint density at radius 1 is 1.37 bits per heavy atom. The van der Waals surface area contributed by atoms with Gasteiger partial charge in [0.25, 0.3) is 0 Å². The molecule has 19 heavy (non-hydrogen) atoms. The van der Waals surface area contributed by atoms with Gasteiger partial charge in [-0.1, -0.05) is 19.9 Å². The van der Waals surface area contributed by atoms with Crippen LogP contribution in [-0.2, 0) is 4.79 Å².